The number of sulfonamides is 1. The Balaban J connectivity index is 2.17. The predicted molar refractivity (Wildman–Crippen MR) is 77.8 cm³/mol. The zero-order valence-corrected chi connectivity index (χ0v) is 13.3. The fourth-order valence-electron chi connectivity index (χ4n) is 1.52. The Labute approximate surface area is 123 Å². The number of nitrogens with zero attached hydrogens (tertiary/aromatic N) is 2. The first-order valence-electron chi connectivity index (χ1n) is 5.38. The number of methoxy groups -OCH3 is 1. The average molecular weight is 366 g/mol. The molecule has 1 aliphatic rings. The van der Waals surface area contributed by atoms with Gasteiger partial charge < -0.3 is 4.74 Å². The Kier molecular flexibility index (Phi) is 4.85. The number of rotatable bonds is 6. The lowest BCUT2D eigenvalue weighted by molar-refractivity contribution is 0.201. The molecule has 1 aromatic rings. The Hall–Kier alpha value is -0.610. The molecule has 2 rings (SSSR count). The van der Waals surface area contributed by atoms with Crippen molar-refractivity contribution in [2.24, 2.45) is 8.73 Å². The number of ether oxygens (including phenoxy) is 1. The predicted octanol–water partition coefficient (Wildman–Crippen LogP) is 2.10. The number of hydrogen-bond donors (Lipinski definition) is 1. The van der Waals surface area contributed by atoms with Gasteiger partial charge in [-0.3, -0.25) is 0 Å². The van der Waals surface area contributed by atoms with E-state index in [1.165, 1.54) is 6.07 Å². The van der Waals surface area contributed by atoms with Crippen LogP contribution in [0, 0.1) is 0 Å². The molecule has 6 nitrogen and oxygen atoms in total. The standard InChI is InChI=1S/C10H12BrN3O3S2/c1-17-6-7(11)5-12-19(15,16)9-4-2-3-8-10(9)14-18-13-8/h2-4,7,12H,5-6H2,1H3. The van der Waals surface area contributed by atoms with E-state index in [9.17, 15) is 8.42 Å². The number of nitrogens with one attached hydrogen (secondary N) is 1. The van der Waals surface area contributed by atoms with Crippen LogP contribution >= 0.6 is 15.9 Å². The second kappa shape index (κ2) is 6.23. The van der Waals surface area contributed by atoms with Gasteiger partial charge in [0.25, 0.3) is 0 Å². The van der Waals surface area contributed by atoms with Gasteiger partial charge >= 0.3 is 0 Å². The van der Waals surface area contributed by atoms with Crippen LogP contribution in [0.1, 0.15) is 0 Å². The molecule has 0 spiro atoms. The van der Waals surface area contributed by atoms with E-state index >= 15 is 0 Å². The van der Waals surface area contributed by atoms with Crippen molar-refractivity contribution >= 4 is 48.7 Å². The fourth-order valence-corrected chi connectivity index (χ4v) is 4.00. The van der Waals surface area contributed by atoms with Crippen LogP contribution in [0.15, 0.2) is 31.8 Å². The lowest BCUT2D eigenvalue weighted by Gasteiger charge is -2.11. The van der Waals surface area contributed by atoms with Gasteiger partial charge in [-0.25, -0.2) is 13.1 Å². The summed E-state index contributed by atoms with van der Waals surface area (Å²) in [6.45, 7) is 0.662. The van der Waals surface area contributed by atoms with Crippen molar-refractivity contribution in [1.82, 2.24) is 4.72 Å². The second-order valence-electron chi connectivity index (χ2n) is 3.79. The van der Waals surface area contributed by atoms with Crippen LogP contribution in [0.25, 0.3) is 0 Å². The molecule has 0 aromatic heterocycles. The van der Waals surface area contributed by atoms with Crippen LogP contribution in [0.4, 0.5) is 11.4 Å². The number of benzene rings is 1. The van der Waals surface area contributed by atoms with Gasteiger partial charge in [-0.15, -0.1) is 0 Å². The molecule has 1 N–H and O–H groups in total. The monoisotopic (exact) mass is 365 g/mol. The zero-order valence-electron chi connectivity index (χ0n) is 10.0. The van der Waals surface area contributed by atoms with Gasteiger partial charge in [-0.2, -0.15) is 8.73 Å². The third-order valence-electron chi connectivity index (χ3n) is 2.38. The number of halogens is 1. The van der Waals surface area contributed by atoms with Gasteiger partial charge in [0.1, 0.15) is 16.3 Å². The summed E-state index contributed by atoms with van der Waals surface area (Å²) in [6, 6.07) is 4.90. The van der Waals surface area contributed by atoms with Gasteiger partial charge in [-0.05, 0) is 12.1 Å². The van der Waals surface area contributed by atoms with E-state index in [4.69, 9.17) is 4.74 Å². The van der Waals surface area contributed by atoms with Crippen LogP contribution in [-0.4, -0.2) is 33.5 Å². The summed E-state index contributed by atoms with van der Waals surface area (Å²) in [4.78, 5) is 0.0657. The first kappa shape index (κ1) is 14.8. The minimum absolute atomic E-state index is 0.0833. The molecule has 9 heteroatoms. The van der Waals surface area contributed by atoms with E-state index in [0.717, 1.165) is 11.4 Å². The van der Waals surface area contributed by atoms with Crippen molar-refractivity contribution in [1.29, 1.82) is 0 Å². The molecule has 0 bridgehead atoms. The van der Waals surface area contributed by atoms with Gasteiger partial charge in [0.2, 0.25) is 10.0 Å². The first-order valence-corrected chi connectivity index (χ1v) is 8.51. The minimum Gasteiger partial charge on any atom is -0.383 e. The Morgan fingerprint density at radius 2 is 2.26 bits per heavy atom. The lowest BCUT2D eigenvalue weighted by Crippen LogP contribution is -2.31. The molecule has 1 heterocycles. The summed E-state index contributed by atoms with van der Waals surface area (Å²) in [6.07, 6.45) is 0. The Bertz CT molecular complexity index is 641. The molecule has 0 aliphatic carbocycles. The van der Waals surface area contributed by atoms with Crippen LogP contribution in [0.2, 0.25) is 0 Å². The number of alkyl halides is 1. The second-order valence-corrected chi connectivity index (χ2v) is 7.35. The maximum Gasteiger partial charge on any atom is 0.242 e. The number of fused-ring (bicyclic) bond motifs is 1. The highest BCUT2D eigenvalue weighted by Crippen LogP contribution is 2.37. The molecule has 104 valence electrons. The van der Waals surface area contributed by atoms with E-state index in [1.807, 2.05) is 0 Å². The molecule has 1 atom stereocenters. The average Bonchev–Trinajstić information content (AvgIpc) is 2.84. The van der Waals surface area contributed by atoms with Crippen molar-refractivity contribution in [3.05, 3.63) is 18.2 Å². The summed E-state index contributed by atoms with van der Waals surface area (Å²) in [5.74, 6) is 0. The summed E-state index contributed by atoms with van der Waals surface area (Å²) in [5.41, 5.74) is 0.984. The quantitative estimate of drug-likeness (QED) is 0.795. The summed E-state index contributed by atoms with van der Waals surface area (Å²) >= 11 is 4.32. The van der Waals surface area contributed by atoms with Crippen LogP contribution in [0.3, 0.4) is 0 Å². The zero-order chi connectivity index (χ0) is 13.9. The SMILES string of the molecule is COCC(Br)CNS(=O)(=O)c1cccc2c1N=S=N2. The van der Waals surface area contributed by atoms with Crippen molar-refractivity contribution in [2.75, 3.05) is 20.3 Å². The molecule has 19 heavy (non-hydrogen) atoms. The third-order valence-corrected chi connectivity index (χ3v) is 4.97. The van der Waals surface area contributed by atoms with E-state index in [1.54, 1.807) is 19.2 Å². The van der Waals surface area contributed by atoms with Gasteiger partial charge in [0.05, 0.1) is 22.8 Å². The lowest BCUT2D eigenvalue weighted by atomic mass is 10.3. The fraction of sp³-hybridized carbons (Fsp3) is 0.400. The minimum atomic E-state index is -3.60. The summed E-state index contributed by atoms with van der Waals surface area (Å²) in [7, 11) is -2.04. The Morgan fingerprint density at radius 3 is 3.00 bits per heavy atom. The molecule has 0 saturated heterocycles. The molecular weight excluding hydrogens is 354 g/mol. The highest BCUT2D eigenvalue weighted by molar-refractivity contribution is 9.09. The van der Waals surface area contributed by atoms with Crippen molar-refractivity contribution in [3.63, 3.8) is 0 Å². The van der Waals surface area contributed by atoms with Crippen LogP contribution in [0.5, 0.6) is 0 Å². The van der Waals surface area contributed by atoms with E-state index in [2.05, 4.69) is 29.4 Å². The van der Waals surface area contributed by atoms with E-state index in [-0.39, 0.29) is 16.3 Å². The molecule has 0 saturated carbocycles. The topological polar surface area (TPSA) is 80.1 Å². The Morgan fingerprint density at radius 1 is 1.47 bits per heavy atom. The molecule has 1 aromatic carbocycles. The summed E-state index contributed by atoms with van der Waals surface area (Å²) < 4.78 is 39.9. The van der Waals surface area contributed by atoms with E-state index < -0.39 is 10.0 Å². The maximum absolute atomic E-state index is 12.2. The highest BCUT2D eigenvalue weighted by atomic mass is 79.9. The third kappa shape index (κ3) is 3.48. The van der Waals surface area contributed by atoms with Crippen molar-refractivity contribution < 1.29 is 13.2 Å². The van der Waals surface area contributed by atoms with Gasteiger partial charge in [-0.1, -0.05) is 22.0 Å². The largest absolute Gasteiger partial charge is 0.383 e. The number of hydrogen-bond acceptors (Lipinski definition) is 5. The summed E-state index contributed by atoms with van der Waals surface area (Å²) in [5, 5.41) is 0. The molecule has 1 unspecified atom stereocenters. The highest BCUT2D eigenvalue weighted by Gasteiger charge is 2.22. The molecule has 0 amide bonds. The van der Waals surface area contributed by atoms with Gasteiger partial charge in [0.15, 0.2) is 0 Å². The van der Waals surface area contributed by atoms with Crippen molar-refractivity contribution in [2.45, 2.75) is 9.72 Å². The maximum atomic E-state index is 12.2. The van der Waals surface area contributed by atoms with Crippen molar-refractivity contribution in [3.8, 4) is 0 Å². The molecule has 1 aliphatic heterocycles. The molecule has 0 radical (unpaired) electrons. The van der Waals surface area contributed by atoms with E-state index in [0.29, 0.717) is 18.0 Å². The first-order chi connectivity index (χ1) is 9.04. The molecular formula is C10H12BrN3O3S2. The van der Waals surface area contributed by atoms with Crippen LogP contribution in [-0.2, 0) is 26.1 Å². The van der Waals surface area contributed by atoms with Gasteiger partial charge in [0, 0.05) is 13.7 Å². The normalized spacial score (nSPS) is 15.1. The smallest absolute Gasteiger partial charge is 0.242 e. The molecule has 0 fully saturated rings. The van der Waals surface area contributed by atoms with Crippen LogP contribution < -0.4 is 4.72 Å².